The van der Waals surface area contributed by atoms with Crippen LogP contribution in [0.2, 0.25) is 0 Å². The fraction of sp³-hybridized carbons (Fsp3) is 0.421. The molecule has 2 N–H and O–H groups in total. The molecule has 146 valence electrons. The lowest BCUT2D eigenvalue weighted by molar-refractivity contribution is -0.124. The summed E-state index contributed by atoms with van der Waals surface area (Å²) >= 11 is 1.62. The first-order valence-electron chi connectivity index (χ1n) is 8.66. The first kappa shape index (κ1) is 20.7. The second-order valence-electron chi connectivity index (χ2n) is 6.33. The van der Waals surface area contributed by atoms with Gasteiger partial charge in [-0.3, -0.25) is 4.79 Å². The molecule has 0 saturated carbocycles. The molecular formula is C19H24N2O5S. The molecule has 0 atom stereocenters. The highest BCUT2D eigenvalue weighted by molar-refractivity contribution is 7.09. The highest BCUT2D eigenvalue weighted by Gasteiger charge is 2.24. The van der Waals surface area contributed by atoms with Crippen LogP contribution in [0.4, 0.5) is 0 Å². The Morgan fingerprint density at radius 1 is 1.22 bits per heavy atom. The Balaban J connectivity index is 1.88. The number of amides is 1. The van der Waals surface area contributed by atoms with Crippen molar-refractivity contribution in [3.8, 4) is 0 Å². The number of aromatic nitrogens is 1. The number of H-pyrrole nitrogens is 1. The summed E-state index contributed by atoms with van der Waals surface area (Å²) in [5.41, 5.74) is 1.43. The number of thiophene rings is 1. The van der Waals surface area contributed by atoms with Gasteiger partial charge in [0.15, 0.2) is 6.61 Å². The molecule has 1 amide bonds. The molecule has 0 aliphatic heterocycles. The van der Waals surface area contributed by atoms with Crippen molar-refractivity contribution in [1.29, 1.82) is 0 Å². The number of nitrogens with one attached hydrogen (secondary N) is 2. The number of hydrogen-bond acceptors (Lipinski definition) is 6. The van der Waals surface area contributed by atoms with E-state index in [2.05, 4.69) is 10.3 Å². The van der Waals surface area contributed by atoms with Crippen LogP contribution in [0, 0.1) is 13.8 Å². The zero-order valence-electron chi connectivity index (χ0n) is 15.9. The van der Waals surface area contributed by atoms with Crippen LogP contribution in [-0.4, -0.2) is 42.1 Å². The van der Waals surface area contributed by atoms with Crippen LogP contribution in [-0.2, 0) is 20.7 Å². The smallest absolute Gasteiger partial charge is 0.355 e. The molecule has 0 aliphatic rings. The standard InChI is InChI=1S/C19H24N2O5S/c1-11(2)26-18(23)16-12(3)17(21-13(16)4)19(24)25-10-15(22)20-8-7-14-6-5-9-27-14/h5-6,9,11,21H,7-8,10H2,1-4H3,(H,20,22). The predicted molar refractivity (Wildman–Crippen MR) is 102 cm³/mol. The molecule has 0 aromatic carbocycles. The fourth-order valence-corrected chi connectivity index (χ4v) is 3.28. The zero-order valence-corrected chi connectivity index (χ0v) is 16.7. The molecule has 0 unspecified atom stereocenters. The summed E-state index contributed by atoms with van der Waals surface area (Å²) in [4.78, 5) is 40.3. The van der Waals surface area contributed by atoms with Gasteiger partial charge in [0.1, 0.15) is 5.69 Å². The van der Waals surface area contributed by atoms with Gasteiger partial charge in [0.2, 0.25) is 0 Å². The molecular weight excluding hydrogens is 368 g/mol. The Labute approximate surface area is 162 Å². The number of ether oxygens (including phenoxy) is 2. The molecule has 2 aromatic heterocycles. The van der Waals surface area contributed by atoms with E-state index in [1.807, 2.05) is 17.5 Å². The fourth-order valence-electron chi connectivity index (χ4n) is 2.57. The van der Waals surface area contributed by atoms with Crippen LogP contribution >= 0.6 is 11.3 Å². The molecule has 2 rings (SSSR count). The van der Waals surface area contributed by atoms with Crippen molar-refractivity contribution in [2.75, 3.05) is 13.2 Å². The van der Waals surface area contributed by atoms with Crippen molar-refractivity contribution >= 4 is 29.2 Å². The first-order chi connectivity index (χ1) is 12.8. The van der Waals surface area contributed by atoms with E-state index >= 15 is 0 Å². The van der Waals surface area contributed by atoms with Crippen LogP contribution in [0.1, 0.15) is 50.8 Å². The number of hydrogen-bond donors (Lipinski definition) is 2. The summed E-state index contributed by atoms with van der Waals surface area (Å²) in [6.07, 6.45) is 0.465. The Kier molecular flexibility index (Phi) is 7.18. The van der Waals surface area contributed by atoms with Crippen LogP contribution in [0.3, 0.4) is 0 Å². The van der Waals surface area contributed by atoms with Crippen LogP contribution in [0.5, 0.6) is 0 Å². The Hall–Kier alpha value is -2.61. The van der Waals surface area contributed by atoms with Gasteiger partial charge in [-0.2, -0.15) is 0 Å². The monoisotopic (exact) mass is 392 g/mol. The van der Waals surface area contributed by atoms with Gasteiger partial charge >= 0.3 is 11.9 Å². The van der Waals surface area contributed by atoms with Crippen molar-refractivity contribution in [3.05, 3.63) is 44.9 Å². The minimum Gasteiger partial charge on any atom is -0.459 e. The third-order valence-electron chi connectivity index (χ3n) is 3.80. The maximum atomic E-state index is 12.3. The van der Waals surface area contributed by atoms with E-state index in [0.29, 0.717) is 23.4 Å². The second-order valence-corrected chi connectivity index (χ2v) is 7.37. The molecule has 2 heterocycles. The Bertz CT molecular complexity index is 808. The largest absolute Gasteiger partial charge is 0.459 e. The maximum Gasteiger partial charge on any atom is 0.355 e. The minimum atomic E-state index is -0.687. The van der Waals surface area contributed by atoms with Gasteiger partial charge in [0, 0.05) is 17.1 Å². The van der Waals surface area contributed by atoms with E-state index in [1.165, 1.54) is 4.88 Å². The predicted octanol–water partition coefficient (Wildman–Crippen LogP) is 2.77. The molecule has 0 aliphatic carbocycles. The summed E-state index contributed by atoms with van der Waals surface area (Å²) in [5.74, 6) is -1.56. The lowest BCUT2D eigenvalue weighted by Gasteiger charge is -2.08. The molecule has 27 heavy (non-hydrogen) atoms. The summed E-state index contributed by atoms with van der Waals surface area (Å²) < 4.78 is 10.2. The van der Waals surface area contributed by atoms with Gasteiger partial charge in [0.05, 0.1) is 11.7 Å². The van der Waals surface area contributed by atoms with E-state index in [4.69, 9.17) is 9.47 Å². The van der Waals surface area contributed by atoms with Gasteiger partial charge in [-0.1, -0.05) is 6.07 Å². The third kappa shape index (κ3) is 5.68. The molecule has 2 aromatic rings. The van der Waals surface area contributed by atoms with E-state index in [-0.39, 0.29) is 24.3 Å². The topological polar surface area (TPSA) is 97.5 Å². The van der Waals surface area contributed by atoms with Crippen molar-refractivity contribution in [1.82, 2.24) is 10.3 Å². The van der Waals surface area contributed by atoms with Gasteiger partial charge in [0.25, 0.3) is 5.91 Å². The van der Waals surface area contributed by atoms with Gasteiger partial charge in [-0.15, -0.1) is 11.3 Å². The van der Waals surface area contributed by atoms with Gasteiger partial charge in [-0.25, -0.2) is 9.59 Å². The van der Waals surface area contributed by atoms with Crippen molar-refractivity contribution in [3.63, 3.8) is 0 Å². The average molecular weight is 392 g/mol. The Morgan fingerprint density at radius 3 is 2.59 bits per heavy atom. The normalized spacial score (nSPS) is 10.7. The number of aryl methyl sites for hydroxylation is 1. The summed E-state index contributed by atoms with van der Waals surface area (Å²) in [7, 11) is 0. The number of esters is 2. The summed E-state index contributed by atoms with van der Waals surface area (Å²) in [6, 6.07) is 3.95. The SMILES string of the molecule is Cc1[nH]c(C(=O)OCC(=O)NCCc2cccs2)c(C)c1C(=O)OC(C)C. The van der Waals surface area contributed by atoms with Gasteiger partial charge in [-0.05, 0) is 51.1 Å². The van der Waals surface area contributed by atoms with Crippen molar-refractivity contribution in [2.45, 2.75) is 40.2 Å². The maximum absolute atomic E-state index is 12.3. The molecule has 0 radical (unpaired) electrons. The van der Waals surface area contributed by atoms with E-state index in [9.17, 15) is 14.4 Å². The van der Waals surface area contributed by atoms with Crippen LogP contribution in [0.15, 0.2) is 17.5 Å². The summed E-state index contributed by atoms with van der Waals surface area (Å²) in [5, 5.41) is 4.68. The lowest BCUT2D eigenvalue weighted by Crippen LogP contribution is -2.30. The molecule has 8 heteroatoms. The third-order valence-corrected chi connectivity index (χ3v) is 4.73. The van der Waals surface area contributed by atoms with E-state index in [1.54, 1.807) is 39.0 Å². The quantitative estimate of drug-likeness (QED) is 0.673. The number of rotatable bonds is 8. The van der Waals surface area contributed by atoms with Gasteiger partial charge < -0.3 is 19.8 Å². The average Bonchev–Trinajstić information content (AvgIpc) is 3.20. The first-order valence-corrected chi connectivity index (χ1v) is 9.54. The lowest BCUT2D eigenvalue weighted by atomic mass is 10.1. The molecule has 0 saturated heterocycles. The van der Waals surface area contributed by atoms with E-state index in [0.717, 1.165) is 6.42 Å². The molecule has 0 spiro atoms. The second kappa shape index (κ2) is 9.36. The summed E-state index contributed by atoms with van der Waals surface area (Å²) in [6.45, 7) is 6.91. The Morgan fingerprint density at radius 2 is 1.96 bits per heavy atom. The van der Waals surface area contributed by atoms with E-state index < -0.39 is 11.9 Å². The van der Waals surface area contributed by atoms with Crippen molar-refractivity contribution < 1.29 is 23.9 Å². The number of aromatic amines is 1. The molecule has 0 bridgehead atoms. The van der Waals surface area contributed by atoms with Crippen molar-refractivity contribution in [2.24, 2.45) is 0 Å². The molecule has 0 fully saturated rings. The minimum absolute atomic E-state index is 0.148. The zero-order chi connectivity index (χ0) is 20.0. The number of carbonyl (C=O) groups is 3. The highest BCUT2D eigenvalue weighted by atomic mass is 32.1. The number of carbonyl (C=O) groups excluding carboxylic acids is 3. The van der Waals surface area contributed by atoms with Crippen LogP contribution < -0.4 is 5.32 Å². The van der Waals surface area contributed by atoms with Crippen LogP contribution in [0.25, 0.3) is 0 Å². The highest BCUT2D eigenvalue weighted by Crippen LogP contribution is 2.20. The molecule has 7 nitrogen and oxygen atoms in total.